The Balaban J connectivity index is 1.85. The summed E-state index contributed by atoms with van der Waals surface area (Å²) in [6.07, 6.45) is 3.89. The molecule has 0 atom stereocenters. The Morgan fingerprint density at radius 1 is 1.10 bits per heavy atom. The van der Waals surface area contributed by atoms with E-state index in [1.807, 2.05) is 6.92 Å². The van der Waals surface area contributed by atoms with Gasteiger partial charge in [0.1, 0.15) is 11.6 Å². The third kappa shape index (κ3) is 5.63. The summed E-state index contributed by atoms with van der Waals surface area (Å²) >= 11 is 5.81. The minimum absolute atomic E-state index is 0.300. The van der Waals surface area contributed by atoms with Crippen LogP contribution in [0.3, 0.4) is 0 Å². The molecule has 2 aromatic carbocycles. The minimum Gasteiger partial charge on any atom is -0.495 e. The first-order chi connectivity index (χ1) is 14.7. The molecular weight excluding hydrogens is 443 g/mol. The van der Waals surface area contributed by atoms with E-state index < -0.39 is 16.0 Å². The Morgan fingerprint density at radius 2 is 1.84 bits per heavy atom. The van der Waals surface area contributed by atoms with Gasteiger partial charge in [-0.15, -0.1) is 0 Å². The van der Waals surface area contributed by atoms with Crippen molar-refractivity contribution in [2.24, 2.45) is 0 Å². The standard InChI is InChI=1S/C21H22ClFN4O3S/c1-13-15(11-25-12-20(13)26-18-7-5-16(22)10-17(18)23)8-14-4-6-19(21(9-14)30-3)27-31(28,29)24-2/h4-7,9-12,24,26-27H,8H2,1-3H3. The van der Waals surface area contributed by atoms with Crippen LogP contribution in [0.25, 0.3) is 0 Å². The lowest BCUT2D eigenvalue weighted by Crippen LogP contribution is -2.26. The van der Waals surface area contributed by atoms with Crippen LogP contribution in [0.2, 0.25) is 5.02 Å². The van der Waals surface area contributed by atoms with Gasteiger partial charge in [-0.3, -0.25) is 9.71 Å². The molecule has 0 fully saturated rings. The molecule has 3 N–H and O–H groups in total. The normalized spacial score (nSPS) is 11.3. The van der Waals surface area contributed by atoms with E-state index in [0.717, 1.165) is 16.7 Å². The molecule has 3 aromatic rings. The van der Waals surface area contributed by atoms with Gasteiger partial charge in [-0.05, 0) is 60.4 Å². The molecule has 0 unspecified atom stereocenters. The summed E-state index contributed by atoms with van der Waals surface area (Å²) in [5, 5.41) is 3.37. The lowest BCUT2D eigenvalue weighted by Gasteiger charge is -2.15. The maximum atomic E-state index is 14.1. The van der Waals surface area contributed by atoms with Crippen LogP contribution in [-0.4, -0.2) is 27.6 Å². The summed E-state index contributed by atoms with van der Waals surface area (Å²) in [7, 11) is -0.880. The molecule has 1 heterocycles. The molecule has 7 nitrogen and oxygen atoms in total. The number of aromatic nitrogens is 1. The van der Waals surface area contributed by atoms with Gasteiger partial charge < -0.3 is 10.1 Å². The van der Waals surface area contributed by atoms with Crippen molar-refractivity contribution in [2.75, 3.05) is 24.2 Å². The largest absolute Gasteiger partial charge is 0.495 e. The van der Waals surface area contributed by atoms with E-state index in [1.54, 1.807) is 42.7 Å². The number of nitrogens with one attached hydrogen (secondary N) is 3. The summed E-state index contributed by atoms with van der Waals surface area (Å²) in [4.78, 5) is 4.26. The molecule has 31 heavy (non-hydrogen) atoms. The van der Waals surface area contributed by atoms with Crippen molar-refractivity contribution in [1.82, 2.24) is 9.71 Å². The fraction of sp³-hybridized carbons (Fsp3) is 0.190. The third-order valence-corrected chi connectivity index (χ3v) is 5.95. The first kappa shape index (κ1) is 22.8. The molecular formula is C21H22ClFN4O3S. The van der Waals surface area contributed by atoms with Gasteiger partial charge in [0.05, 0.1) is 30.4 Å². The molecule has 3 rings (SSSR count). The van der Waals surface area contributed by atoms with Crippen LogP contribution in [0, 0.1) is 12.7 Å². The molecule has 0 aliphatic carbocycles. The van der Waals surface area contributed by atoms with Gasteiger partial charge in [0.15, 0.2) is 0 Å². The Morgan fingerprint density at radius 3 is 2.52 bits per heavy atom. The molecule has 1 aromatic heterocycles. The van der Waals surface area contributed by atoms with E-state index in [0.29, 0.717) is 34.3 Å². The molecule has 0 saturated heterocycles. The summed E-state index contributed by atoms with van der Waals surface area (Å²) in [5.74, 6) is -0.0684. The van der Waals surface area contributed by atoms with Crippen LogP contribution in [-0.2, 0) is 16.6 Å². The van der Waals surface area contributed by atoms with E-state index in [2.05, 4.69) is 19.7 Å². The number of benzene rings is 2. The zero-order valence-corrected chi connectivity index (χ0v) is 18.7. The smallest absolute Gasteiger partial charge is 0.298 e. The number of nitrogens with zero attached hydrogens (tertiary/aromatic N) is 1. The molecule has 164 valence electrons. The Kier molecular flexibility index (Phi) is 6.99. The van der Waals surface area contributed by atoms with Crippen molar-refractivity contribution in [3.05, 3.63) is 76.3 Å². The predicted octanol–water partition coefficient (Wildman–Crippen LogP) is 4.40. The average molecular weight is 465 g/mol. The highest BCUT2D eigenvalue weighted by molar-refractivity contribution is 7.90. The first-order valence-electron chi connectivity index (χ1n) is 9.26. The van der Waals surface area contributed by atoms with Crippen LogP contribution >= 0.6 is 11.6 Å². The second-order valence-corrected chi connectivity index (χ2v) is 8.80. The highest BCUT2D eigenvalue weighted by Gasteiger charge is 2.13. The van der Waals surface area contributed by atoms with Crippen molar-refractivity contribution in [3.8, 4) is 5.75 Å². The fourth-order valence-corrected chi connectivity index (χ4v) is 3.67. The fourth-order valence-electron chi connectivity index (χ4n) is 2.95. The highest BCUT2D eigenvalue weighted by Crippen LogP contribution is 2.30. The minimum atomic E-state index is -3.66. The Hall–Kier alpha value is -2.88. The quantitative estimate of drug-likeness (QED) is 0.459. The van der Waals surface area contributed by atoms with Crippen LogP contribution in [0.4, 0.5) is 21.5 Å². The van der Waals surface area contributed by atoms with Crippen LogP contribution in [0.15, 0.2) is 48.8 Å². The van der Waals surface area contributed by atoms with Crippen LogP contribution in [0.5, 0.6) is 5.75 Å². The average Bonchev–Trinajstić information content (AvgIpc) is 2.73. The van der Waals surface area contributed by atoms with Crippen LogP contribution < -0.4 is 19.5 Å². The molecule has 0 spiro atoms. The van der Waals surface area contributed by atoms with Gasteiger partial charge in [-0.1, -0.05) is 17.7 Å². The van der Waals surface area contributed by atoms with Gasteiger partial charge in [-0.25, -0.2) is 9.11 Å². The molecule has 10 heteroatoms. The van der Waals surface area contributed by atoms with E-state index in [1.165, 1.54) is 20.2 Å². The van der Waals surface area contributed by atoms with E-state index in [-0.39, 0.29) is 0 Å². The van der Waals surface area contributed by atoms with E-state index >= 15 is 0 Å². The number of ether oxygens (including phenoxy) is 1. The number of hydrogen-bond acceptors (Lipinski definition) is 5. The molecule has 0 radical (unpaired) electrons. The van der Waals surface area contributed by atoms with E-state index in [9.17, 15) is 12.8 Å². The maximum absolute atomic E-state index is 14.1. The van der Waals surface area contributed by atoms with Gasteiger partial charge in [0.25, 0.3) is 10.2 Å². The van der Waals surface area contributed by atoms with Gasteiger partial charge in [0.2, 0.25) is 0 Å². The topological polar surface area (TPSA) is 92.4 Å². The lowest BCUT2D eigenvalue weighted by atomic mass is 10.0. The molecule has 0 aliphatic heterocycles. The maximum Gasteiger partial charge on any atom is 0.298 e. The summed E-state index contributed by atoms with van der Waals surface area (Å²) < 4.78 is 47.6. The summed E-state index contributed by atoms with van der Waals surface area (Å²) in [5.41, 5.74) is 4.01. The monoisotopic (exact) mass is 464 g/mol. The SMILES string of the molecule is CNS(=O)(=O)Nc1ccc(Cc2cncc(Nc3ccc(Cl)cc3F)c2C)cc1OC. The lowest BCUT2D eigenvalue weighted by molar-refractivity contribution is 0.416. The second-order valence-electron chi connectivity index (χ2n) is 6.74. The zero-order chi connectivity index (χ0) is 22.6. The van der Waals surface area contributed by atoms with Crippen molar-refractivity contribution < 1.29 is 17.5 Å². The summed E-state index contributed by atoms with van der Waals surface area (Å²) in [6, 6.07) is 9.61. The van der Waals surface area contributed by atoms with Crippen LogP contribution in [0.1, 0.15) is 16.7 Å². The number of anilines is 3. The molecule has 0 saturated carbocycles. The highest BCUT2D eigenvalue weighted by atomic mass is 35.5. The number of rotatable bonds is 8. The zero-order valence-electron chi connectivity index (χ0n) is 17.2. The van der Waals surface area contributed by atoms with Gasteiger partial charge in [0, 0.05) is 18.3 Å². The first-order valence-corrected chi connectivity index (χ1v) is 11.1. The van der Waals surface area contributed by atoms with Crippen molar-refractivity contribution in [2.45, 2.75) is 13.3 Å². The van der Waals surface area contributed by atoms with Gasteiger partial charge in [-0.2, -0.15) is 8.42 Å². The molecule has 0 bridgehead atoms. The predicted molar refractivity (Wildman–Crippen MR) is 121 cm³/mol. The molecule has 0 amide bonds. The van der Waals surface area contributed by atoms with Crippen molar-refractivity contribution in [3.63, 3.8) is 0 Å². The number of hydrogen-bond donors (Lipinski definition) is 3. The number of halogens is 2. The van der Waals surface area contributed by atoms with Crippen molar-refractivity contribution in [1.29, 1.82) is 0 Å². The number of methoxy groups -OCH3 is 1. The number of pyridine rings is 1. The van der Waals surface area contributed by atoms with Crippen molar-refractivity contribution >= 4 is 38.9 Å². The third-order valence-electron chi connectivity index (χ3n) is 4.69. The second kappa shape index (κ2) is 9.51. The molecule has 0 aliphatic rings. The Bertz CT molecular complexity index is 1210. The van der Waals surface area contributed by atoms with Gasteiger partial charge >= 0.3 is 0 Å². The van der Waals surface area contributed by atoms with E-state index in [4.69, 9.17) is 16.3 Å². The Labute approximate surface area is 185 Å². The summed E-state index contributed by atoms with van der Waals surface area (Å²) in [6.45, 7) is 1.92.